The van der Waals surface area contributed by atoms with E-state index in [0.717, 1.165) is 12.1 Å². The predicted molar refractivity (Wildman–Crippen MR) is 98.1 cm³/mol. The largest absolute Gasteiger partial charge is 0.418 e. The first-order chi connectivity index (χ1) is 13.6. The first-order valence-electron chi connectivity index (χ1n) is 8.52. The Morgan fingerprint density at radius 2 is 2.10 bits per heavy atom. The van der Waals surface area contributed by atoms with Crippen LogP contribution in [0.4, 0.5) is 28.9 Å². The fraction of sp³-hybridized carbons (Fsp3) is 0.333. The zero-order chi connectivity index (χ0) is 21.2. The molecule has 2 heterocycles. The fourth-order valence-electron chi connectivity index (χ4n) is 2.78. The van der Waals surface area contributed by atoms with Crippen LogP contribution in [0.25, 0.3) is 0 Å². The molecule has 0 saturated carbocycles. The number of benzene rings is 1. The lowest BCUT2D eigenvalue weighted by Crippen LogP contribution is -2.54. The van der Waals surface area contributed by atoms with Crippen molar-refractivity contribution in [1.29, 1.82) is 0 Å². The quantitative estimate of drug-likeness (QED) is 0.630. The predicted octanol–water partition coefficient (Wildman–Crippen LogP) is 3.37. The van der Waals surface area contributed by atoms with Gasteiger partial charge in [0.2, 0.25) is 5.91 Å². The molecule has 0 radical (unpaired) electrons. The highest BCUT2D eigenvalue weighted by Crippen LogP contribution is 2.36. The molecule has 0 spiro atoms. The molecule has 0 aliphatic carbocycles. The molecule has 0 unspecified atom stereocenters. The number of hydrogen-bond acceptors (Lipinski definition) is 5. The molecule has 0 bridgehead atoms. The average Bonchev–Trinajstić information content (AvgIpc) is 3.09. The molecule has 1 saturated heterocycles. The summed E-state index contributed by atoms with van der Waals surface area (Å²) in [4.78, 5) is 16.3. The van der Waals surface area contributed by atoms with E-state index in [9.17, 15) is 22.4 Å². The molecule has 1 aliphatic heterocycles. The Hall–Kier alpha value is -2.43. The number of anilines is 2. The standard InChI is InChI=1S/C18H17ClF4N4O2/c19-13-6-11(27-14-2-1-10(20)5-12(14)18(21,22)23)7-25-15(13)8-26-16(28)17(24)3-4-29-9-17/h1-2,5-7,27H,3-4,8-9,24H2,(H,26,28)/t17-/m0/s1. The summed E-state index contributed by atoms with van der Waals surface area (Å²) in [5, 5.41) is 5.28. The number of ether oxygens (including phenoxy) is 1. The van der Waals surface area contributed by atoms with Gasteiger partial charge in [0.25, 0.3) is 0 Å². The van der Waals surface area contributed by atoms with Crippen molar-refractivity contribution in [3.63, 3.8) is 0 Å². The third-order valence-corrected chi connectivity index (χ3v) is 4.73. The van der Waals surface area contributed by atoms with E-state index in [1.54, 1.807) is 0 Å². The minimum absolute atomic E-state index is 0.0127. The first-order valence-corrected chi connectivity index (χ1v) is 8.89. The number of halogens is 5. The van der Waals surface area contributed by atoms with Gasteiger partial charge in [0, 0.05) is 6.61 Å². The molecule has 29 heavy (non-hydrogen) atoms. The molecule has 4 N–H and O–H groups in total. The van der Waals surface area contributed by atoms with Gasteiger partial charge in [-0.25, -0.2) is 4.39 Å². The van der Waals surface area contributed by atoms with E-state index in [-0.39, 0.29) is 29.5 Å². The zero-order valence-electron chi connectivity index (χ0n) is 14.9. The van der Waals surface area contributed by atoms with Crippen LogP contribution in [0.3, 0.4) is 0 Å². The molecule has 156 valence electrons. The Bertz CT molecular complexity index is 917. The van der Waals surface area contributed by atoms with Gasteiger partial charge in [-0.1, -0.05) is 11.6 Å². The van der Waals surface area contributed by atoms with Crippen LogP contribution in [-0.4, -0.2) is 29.6 Å². The van der Waals surface area contributed by atoms with E-state index >= 15 is 0 Å². The average molecular weight is 433 g/mol. The van der Waals surface area contributed by atoms with Gasteiger partial charge in [0.05, 0.1) is 47.0 Å². The third kappa shape index (κ3) is 4.95. The number of aromatic nitrogens is 1. The molecule has 1 aromatic carbocycles. The van der Waals surface area contributed by atoms with Crippen LogP contribution in [-0.2, 0) is 22.3 Å². The van der Waals surface area contributed by atoms with Crippen molar-refractivity contribution in [2.24, 2.45) is 5.73 Å². The summed E-state index contributed by atoms with van der Waals surface area (Å²) in [6.45, 7) is 0.496. The maximum Gasteiger partial charge on any atom is 0.418 e. The maximum absolute atomic E-state index is 13.2. The Labute approximate surface area is 168 Å². The molecule has 3 rings (SSSR count). The van der Waals surface area contributed by atoms with Gasteiger partial charge in [0.1, 0.15) is 11.4 Å². The van der Waals surface area contributed by atoms with Crippen LogP contribution < -0.4 is 16.4 Å². The Balaban J connectivity index is 1.71. The summed E-state index contributed by atoms with van der Waals surface area (Å²) in [7, 11) is 0. The highest BCUT2D eigenvalue weighted by molar-refractivity contribution is 6.31. The van der Waals surface area contributed by atoms with Crippen LogP contribution in [0.1, 0.15) is 17.7 Å². The molecule has 1 aliphatic rings. The highest BCUT2D eigenvalue weighted by Gasteiger charge is 2.38. The van der Waals surface area contributed by atoms with Crippen LogP contribution in [0.2, 0.25) is 5.02 Å². The second kappa shape index (κ2) is 8.13. The summed E-state index contributed by atoms with van der Waals surface area (Å²) in [5.74, 6) is -1.41. The molecule has 6 nitrogen and oxygen atoms in total. The maximum atomic E-state index is 13.2. The minimum atomic E-state index is -4.74. The highest BCUT2D eigenvalue weighted by atomic mass is 35.5. The first kappa shape index (κ1) is 21.3. The summed E-state index contributed by atoms with van der Waals surface area (Å²) in [5.41, 5.74) is 3.83. The number of carbonyl (C=O) groups excluding carboxylic acids is 1. The van der Waals surface area contributed by atoms with Crippen molar-refractivity contribution < 1.29 is 27.1 Å². The molecule has 2 aromatic rings. The lowest BCUT2D eigenvalue weighted by Gasteiger charge is -2.20. The Morgan fingerprint density at radius 1 is 1.34 bits per heavy atom. The lowest BCUT2D eigenvalue weighted by molar-refractivity contribution is -0.137. The molecule has 1 atom stereocenters. The Kier molecular flexibility index (Phi) is 5.97. The number of pyridine rings is 1. The number of alkyl halides is 3. The number of nitrogens with zero attached hydrogens (tertiary/aromatic N) is 1. The van der Waals surface area contributed by atoms with Crippen molar-refractivity contribution in [2.75, 3.05) is 18.5 Å². The van der Waals surface area contributed by atoms with Crippen LogP contribution in [0.15, 0.2) is 30.5 Å². The summed E-state index contributed by atoms with van der Waals surface area (Å²) in [6, 6.07) is 3.64. The fourth-order valence-corrected chi connectivity index (χ4v) is 3.01. The summed E-state index contributed by atoms with van der Waals surface area (Å²) < 4.78 is 57.6. The van der Waals surface area contributed by atoms with Crippen molar-refractivity contribution in [1.82, 2.24) is 10.3 Å². The van der Waals surface area contributed by atoms with Crippen molar-refractivity contribution in [2.45, 2.75) is 24.7 Å². The Morgan fingerprint density at radius 3 is 2.72 bits per heavy atom. The zero-order valence-corrected chi connectivity index (χ0v) is 15.7. The van der Waals surface area contributed by atoms with Crippen molar-refractivity contribution in [3.05, 3.63) is 52.6 Å². The summed E-state index contributed by atoms with van der Waals surface area (Å²) in [6.07, 6.45) is -3.09. The smallest absolute Gasteiger partial charge is 0.379 e. The van der Waals surface area contributed by atoms with Gasteiger partial charge >= 0.3 is 6.18 Å². The van der Waals surface area contributed by atoms with Gasteiger partial charge < -0.3 is 21.1 Å². The number of amides is 1. The molecule has 11 heteroatoms. The van der Waals surface area contributed by atoms with Crippen LogP contribution >= 0.6 is 11.6 Å². The van der Waals surface area contributed by atoms with E-state index < -0.39 is 29.0 Å². The normalized spacial score (nSPS) is 19.2. The number of rotatable bonds is 5. The number of nitrogens with one attached hydrogen (secondary N) is 2. The van der Waals surface area contributed by atoms with Gasteiger partial charge in [-0.15, -0.1) is 0 Å². The van der Waals surface area contributed by atoms with E-state index in [2.05, 4.69) is 15.6 Å². The second-order valence-corrected chi connectivity index (χ2v) is 7.01. The van der Waals surface area contributed by atoms with Crippen molar-refractivity contribution >= 4 is 28.9 Å². The van der Waals surface area contributed by atoms with E-state index in [0.29, 0.717) is 24.8 Å². The lowest BCUT2D eigenvalue weighted by atomic mass is 9.99. The number of nitrogens with two attached hydrogens (primary N) is 1. The molecule has 1 aromatic heterocycles. The van der Waals surface area contributed by atoms with Crippen LogP contribution in [0.5, 0.6) is 0 Å². The molecule has 1 fully saturated rings. The number of carbonyl (C=O) groups is 1. The number of hydrogen-bond donors (Lipinski definition) is 3. The van der Waals surface area contributed by atoms with E-state index in [4.69, 9.17) is 22.1 Å². The van der Waals surface area contributed by atoms with E-state index in [1.165, 1.54) is 12.3 Å². The third-order valence-electron chi connectivity index (χ3n) is 4.40. The second-order valence-electron chi connectivity index (χ2n) is 6.61. The SMILES string of the molecule is N[C@@]1(C(=O)NCc2ncc(Nc3ccc(F)cc3C(F)(F)F)cc2Cl)CCOC1. The molecular formula is C18H17ClF4N4O2. The van der Waals surface area contributed by atoms with Gasteiger partial charge in [-0.05, 0) is 30.7 Å². The van der Waals surface area contributed by atoms with Gasteiger partial charge in [0.15, 0.2) is 0 Å². The summed E-state index contributed by atoms with van der Waals surface area (Å²) >= 11 is 6.14. The minimum Gasteiger partial charge on any atom is -0.379 e. The van der Waals surface area contributed by atoms with Gasteiger partial charge in [-0.2, -0.15) is 13.2 Å². The van der Waals surface area contributed by atoms with Crippen molar-refractivity contribution in [3.8, 4) is 0 Å². The monoisotopic (exact) mass is 432 g/mol. The van der Waals surface area contributed by atoms with Gasteiger partial charge in [-0.3, -0.25) is 9.78 Å². The van der Waals surface area contributed by atoms with Crippen LogP contribution in [0, 0.1) is 5.82 Å². The molecule has 1 amide bonds. The molecular weight excluding hydrogens is 416 g/mol. The van der Waals surface area contributed by atoms with E-state index in [1.807, 2.05) is 0 Å². The topological polar surface area (TPSA) is 89.3 Å².